The third-order valence-corrected chi connectivity index (χ3v) is 4.26. The Morgan fingerprint density at radius 2 is 1.88 bits per heavy atom. The standard InChI is InChI=1S/C18H30N2O3S/c1-8-20(12-13-10-9-11-24-13)15(21)14(17(2,3)4)19-16(22)23-18(5,6)7/h9-11,14H,8,12H2,1-7H3,(H,19,22). The van der Waals surface area contributed by atoms with E-state index < -0.39 is 23.2 Å². The first-order chi connectivity index (χ1) is 10.9. The van der Waals surface area contributed by atoms with Crippen molar-refractivity contribution >= 4 is 23.3 Å². The molecular weight excluding hydrogens is 324 g/mol. The van der Waals surface area contributed by atoms with Crippen LogP contribution >= 0.6 is 11.3 Å². The fraction of sp³-hybridized carbons (Fsp3) is 0.667. The zero-order valence-corrected chi connectivity index (χ0v) is 16.6. The van der Waals surface area contributed by atoms with Crippen LogP contribution in [0.3, 0.4) is 0 Å². The third kappa shape index (κ3) is 6.51. The van der Waals surface area contributed by atoms with Crippen molar-refractivity contribution in [1.29, 1.82) is 0 Å². The molecule has 1 heterocycles. The number of alkyl carbamates (subject to hydrolysis) is 1. The molecule has 0 bridgehead atoms. The molecule has 0 radical (unpaired) electrons. The van der Waals surface area contributed by atoms with Crippen molar-refractivity contribution in [2.45, 2.75) is 66.7 Å². The fourth-order valence-electron chi connectivity index (χ4n) is 2.19. The highest BCUT2D eigenvalue weighted by molar-refractivity contribution is 7.09. The van der Waals surface area contributed by atoms with Gasteiger partial charge in [-0.15, -0.1) is 11.3 Å². The minimum atomic E-state index is -0.646. The average Bonchev–Trinajstić information content (AvgIpc) is 2.91. The Balaban J connectivity index is 2.89. The largest absolute Gasteiger partial charge is 0.444 e. The van der Waals surface area contributed by atoms with Crippen LogP contribution in [0.1, 0.15) is 53.3 Å². The molecular formula is C18H30N2O3S. The number of carbonyl (C=O) groups is 2. The molecule has 5 nitrogen and oxygen atoms in total. The first kappa shape index (κ1) is 20.5. The third-order valence-electron chi connectivity index (χ3n) is 3.39. The molecule has 0 saturated carbocycles. The van der Waals surface area contributed by atoms with Crippen LogP contribution in [-0.2, 0) is 16.1 Å². The monoisotopic (exact) mass is 354 g/mol. The van der Waals surface area contributed by atoms with Crippen molar-refractivity contribution < 1.29 is 14.3 Å². The van der Waals surface area contributed by atoms with E-state index in [1.165, 1.54) is 0 Å². The highest BCUT2D eigenvalue weighted by Crippen LogP contribution is 2.23. The maximum atomic E-state index is 13.0. The van der Waals surface area contributed by atoms with Gasteiger partial charge in [0.15, 0.2) is 0 Å². The van der Waals surface area contributed by atoms with Gasteiger partial charge in [-0.3, -0.25) is 4.79 Å². The summed E-state index contributed by atoms with van der Waals surface area (Å²) in [7, 11) is 0. The molecule has 0 aliphatic heterocycles. The Kier molecular flexibility index (Phi) is 6.84. The SMILES string of the molecule is CCN(Cc1cccs1)C(=O)C(NC(=O)OC(C)(C)C)C(C)(C)C. The fourth-order valence-corrected chi connectivity index (χ4v) is 2.91. The molecule has 1 rings (SSSR count). The Morgan fingerprint density at radius 1 is 1.25 bits per heavy atom. The lowest BCUT2D eigenvalue weighted by Gasteiger charge is -2.35. The number of nitrogens with one attached hydrogen (secondary N) is 1. The Hall–Kier alpha value is -1.56. The summed E-state index contributed by atoms with van der Waals surface area (Å²) in [5.74, 6) is -0.0933. The molecule has 0 aromatic carbocycles. The molecule has 0 spiro atoms. The van der Waals surface area contributed by atoms with Crippen molar-refractivity contribution in [1.82, 2.24) is 10.2 Å². The van der Waals surface area contributed by atoms with Gasteiger partial charge in [-0.1, -0.05) is 26.8 Å². The van der Waals surface area contributed by atoms with E-state index in [1.54, 1.807) is 37.0 Å². The molecule has 1 N–H and O–H groups in total. The van der Waals surface area contributed by atoms with Crippen molar-refractivity contribution in [2.75, 3.05) is 6.54 Å². The maximum Gasteiger partial charge on any atom is 0.408 e. The highest BCUT2D eigenvalue weighted by Gasteiger charge is 2.36. The summed E-state index contributed by atoms with van der Waals surface area (Å²) in [4.78, 5) is 28.0. The Bertz CT molecular complexity index is 542. The van der Waals surface area contributed by atoms with Crippen LogP contribution in [0.4, 0.5) is 4.79 Å². The van der Waals surface area contributed by atoms with E-state index >= 15 is 0 Å². The minimum Gasteiger partial charge on any atom is -0.444 e. The molecule has 6 heteroatoms. The van der Waals surface area contributed by atoms with Crippen LogP contribution < -0.4 is 5.32 Å². The van der Waals surface area contributed by atoms with Gasteiger partial charge in [-0.2, -0.15) is 0 Å². The molecule has 0 aliphatic carbocycles. The quantitative estimate of drug-likeness (QED) is 0.868. The molecule has 1 aromatic heterocycles. The van der Waals surface area contributed by atoms with E-state index in [-0.39, 0.29) is 5.91 Å². The highest BCUT2D eigenvalue weighted by atomic mass is 32.1. The number of amides is 2. The second-order valence-electron chi connectivity index (χ2n) is 7.88. The lowest BCUT2D eigenvalue weighted by atomic mass is 9.86. The van der Waals surface area contributed by atoms with E-state index in [2.05, 4.69) is 5.32 Å². The van der Waals surface area contributed by atoms with E-state index in [4.69, 9.17) is 4.74 Å². The van der Waals surface area contributed by atoms with Gasteiger partial charge >= 0.3 is 6.09 Å². The lowest BCUT2D eigenvalue weighted by molar-refractivity contribution is -0.136. The van der Waals surface area contributed by atoms with Crippen molar-refractivity contribution in [2.24, 2.45) is 5.41 Å². The molecule has 0 saturated heterocycles. The van der Waals surface area contributed by atoms with Crippen LogP contribution in [0.25, 0.3) is 0 Å². The maximum absolute atomic E-state index is 13.0. The normalized spacial score (nSPS) is 13.3. The number of nitrogens with zero attached hydrogens (tertiary/aromatic N) is 1. The van der Waals surface area contributed by atoms with Crippen LogP contribution in [0, 0.1) is 5.41 Å². The second kappa shape index (κ2) is 8.01. The van der Waals surface area contributed by atoms with E-state index in [9.17, 15) is 9.59 Å². The summed E-state index contributed by atoms with van der Waals surface area (Å²) in [6, 6.07) is 3.33. The van der Waals surface area contributed by atoms with Gasteiger partial charge in [0.2, 0.25) is 5.91 Å². The molecule has 136 valence electrons. The number of hydrogen-bond acceptors (Lipinski definition) is 4. The van der Waals surface area contributed by atoms with Gasteiger partial charge in [0, 0.05) is 11.4 Å². The first-order valence-electron chi connectivity index (χ1n) is 8.24. The topological polar surface area (TPSA) is 58.6 Å². The van der Waals surface area contributed by atoms with E-state index in [1.807, 2.05) is 45.2 Å². The van der Waals surface area contributed by atoms with Gasteiger partial charge in [-0.05, 0) is 44.6 Å². The molecule has 0 aliphatic rings. The minimum absolute atomic E-state index is 0.0933. The molecule has 2 amide bonds. The Morgan fingerprint density at radius 3 is 2.29 bits per heavy atom. The predicted molar refractivity (Wildman–Crippen MR) is 98.0 cm³/mol. The summed E-state index contributed by atoms with van der Waals surface area (Å²) in [5.41, 5.74) is -1.02. The second-order valence-corrected chi connectivity index (χ2v) is 8.91. The summed E-state index contributed by atoms with van der Waals surface area (Å²) in [6.45, 7) is 14.3. The van der Waals surface area contributed by atoms with Gasteiger partial charge in [0.05, 0.1) is 6.54 Å². The van der Waals surface area contributed by atoms with Crippen molar-refractivity contribution in [3.63, 3.8) is 0 Å². The number of hydrogen-bond donors (Lipinski definition) is 1. The number of rotatable bonds is 5. The number of carbonyl (C=O) groups excluding carboxylic acids is 2. The van der Waals surface area contributed by atoms with Gasteiger partial charge in [0.1, 0.15) is 11.6 Å². The smallest absolute Gasteiger partial charge is 0.408 e. The van der Waals surface area contributed by atoms with Gasteiger partial charge in [0.25, 0.3) is 0 Å². The van der Waals surface area contributed by atoms with Crippen LogP contribution in [0.2, 0.25) is 0 Å². The number of thiophene rings is 1. The average molecular weight is 355 g/mol. The summed E-state index contributed by atoms with van der Waals surface area (Å²) >= 11 is 1.62. The Labute approximate surface area is 149 Å². The van der Waals surface area contributed by atoms with Gasteiger partial charge < -0.3 is 15.0 Å². The molecule has 0 fully saturated rings. The number of ether oxygens (including phenoxy) is 1. The lowest BCUT2D eigenvalue weighted by Crippen LogP contribution is -2.55. The van der Waals surface area contributed by atoms with Crippen LogP contribution in [0.15, 0.2) is 17.5 Å². The summed E-state index contributed by atoms with van der Waals surface area (Å²) in [6.07, 6.45) is -0.567. The predicted octanol–water partition coefficient (Wildman–Crippen LogP) is 4.04. The van der Waals surface area contributed by atoms with Crippen molar-refractivity contribution in [3.8, 4) is 0 Å². The molecule has 24 heavy (non-hydrogen) atoms. The van der Waals surface area contributed by atoms with E-state index in [0.29, 0.717) is 13.1 Å². The zero-order chi connectivity index (χ0) is 18.5. The summed E-state index contributed by atoms with van der Waals surface area (Å²) in [5, 5.41) is 4.75. The zero-order valence-electron chi connectivity index (χ0n) is 15.8. The molecule has 1 aromatic rings. The van der Waals surface area contributed by atoms with Crippen molar-refractivity contribution in [3.05, 3.63) is 22.4 Å². The van der Waals surface area contributed by atoms with Gasteiger partial charge in [-0.25, -0.2) is 4.79 Å². The molecule has 1 unspecified atom stereocenters. The number of likely N-dealkylation sites (N-methyl/N-ethyl adjacent to an activating group) is 1. The van der Waals surface area contributed by atoms with Crippen LogP contribution in [-0.4, -0.2) is 35.1 Å². The first-order valence-corrected chi connectivity index (χ1v) is 9.12. The molecule has 1 atom stereocenters. The van der Waals surface area contributed by atoms with E-state index in [0.717, 1.165) is 4.88 Å². The summed E-state index contributed by atoms with van der Waals surface area (Å²) < 4.78 is 5.31. The van der Waals surface area contributed by atoms with Crippen LogP contribution in [0.5, 0.6) is 0 Å².